The molecule has 0 aromatic carbocycles. The van der Waals surface area contributed by atoms with Gasteiger partial charge in [0.2, 0.25) is 0 Å². The molecule has 3 heterocycles. The topological polar surface area (TPSA) is 39.1 Å². The van der Waals surface area contributed by atoms with Crippen molar-refractivity contribution < 1.29 is 4.74 Å². The molecule has 2 fully saturated rings. The summed E-state index contributed by atoms with van der Waals surface area (Å²) < 4.78 is 7.89. The van der Waals surface area contributed by atoms with Crippen LogP contribution in [0.25, 0.3) is 0 Å². The first-order valence-electron chi connectivity index (χ1n) is 7.41. The van der Waals surface area contributed by atoms with Crippen LogP contribution in [0.15, 0.2) is 12.5 Å². The summed E-state index contributed by atoms with van der Waals surface area (Å²) in [5.41, 5.74) is 2.00. The van der Waals surface area contributed by atoms with E-state index in [4.69, 9.17) is 4.74 Å². The van der Waals surface area contributed by atoms with Gasteiger partial charge in [-0.15, -0.1) is 0 Å². The lowest BCUT2D eigenvalue weighted by atomic mass is 9.81. The number of ether oxygens (including phenoxy) is 1. The fraction of sp³-hybridized carbons (Fsp3) is 0.800. The van der Waals surface area contributed by atoms with Crippen LogP contribution in [0.5, 0.6) is 0 Å². The number of imidazole rings is 1. The van der Waals surface area contributed by atoms with Gasteiger partial charge < -0.3 is 14.6 Å². The van der Waals surface area contributed by atoms with Crippen LogP contribution in [0.2, 0.25) is 0 Å². The first-order chi connectivity index (χ1) is 9.11. The second-order valence-corrected chi connectivity index (χ2v) is 6.82. The molecular weight excluding hydrogens is 238 g/mol. The molecule has 1 unspecified atom stereocenters. The van der Waals surface area contributed by atoms with Gasteiger partial charge in [0.05, 0.1) is 6.33 Å². The predicted molar refractivity (Wildman–Crippen MR) is 75.2 cm³/mol. The van der Waals surface area contributed by atoms with Crippen molar-refractivity contribution in [1.82, 2.24) is 14.9 Å². The van der Waals surface area contributed by atoms with Crippen molar-refractivity contribution in [3.63, 3.8) is 0 Å². The maximum Gasteiger partial charge on any atom is 0.0948 e. The van der Waals surface area contributed by atoms with Crippen molar-refractivity contribution in [1.29, 1.82) is 0 Å². The van der Waals surface area contributed by atoms with Crippen molar-refractivity contribution in [3.05, 3.63) is 18.2 Å². The number of hydrogen-bond acceptors (Lipinski definition) is 3. The maximum atomic E-state index is 5.50. The maximum absolute atomic E-state index is 5.50. The van der Waals surface area contributed by atoms with Gasteiger partial charge >= 0.3 is 0 Å². The Morgan fingerprint density at radius 3 is 2.79 bits per heavy atom. The molecule has 3 rings (SSSR count). The molecule has 106 valence electrons. The number of aromatic nitrogens is 2. The van der Waals surface area contributed by atoms with Gasteiger partial charge in [-0.3, -0.25) is 0 Å². The van der Waals surface area contributed by atoms with Crippen LogP contribution in [0, 0.1) is 5.41 Å². The van der Waals surface area contributed by atoms with E-state index in [1.807, 2.05) is 6.33 Å². The molecule has 2 aliphatic heterocycles. The Morgan fingerprint density at radius 2 is 2.11 bits per heavy atom. The minimum atomic E-state index is 0.248. The zero-order chi connectivity index (χ0) is 13.3. The standard InChI is InChI=1S/C15H25N3O/c1-14(4-7-19-8-5-14)11-18-12-17-9-13(18)15(2)3-6-16-10-15/h9,12,16H,3-8,10-11H2,1-2H3. The van der Waals surface area contributed by atoms with E-state index in [-0.39, 0.29) is 5.41 Å². The van der Waals surface area contributed by atoms with E-state index in [9.17, 15) is 0 Å². The minimum absolute atomic E-state index is 0.248. The average Bonchev–Trinajstić information content (AvgIpc) is 2.99. The third-order valence-electron chi connectivity index (χ3n) is 4.95. The Bertz CT molecular complexity index is 428. The van der Waals surface area contributed by atoms with Gasteiger partial charge in [-0.05, 0) is 31.2 Å². The average molecular weight is 263 g/mol. The van der Waals surface area contributed by atoms with E-state index >= 15 is 0 Å². The highest BCUT2D eigenvalue weighted by molar-refractivity contribution is 5.17. The Balaban J connectivity index is 1.80. The van der Waals surface area contributed by atoms with Gasteiger partial charge in [0.15, 0.2) is 0 Å². The van der Waals surface area contributed by atoms with E-state index in [0.29, 0.717) is 5.41 Å². The van der Waals surface area contributed by atoms with Crippen LogP contribution in [-0.4, -0.2) is 35.9 Å². The first kappa shape index (κ1) is 13.1. The van der Waals surface area contributed by atoms with E-state index in [1.54, 1.807) is 0 Å². The molecular formula is C15H25N3O. The fourth-order valence-corrected chi connectivity index (χ4v) is 3.42. The van der Waals surface area contributed by atoms with Gasteiger partial charge in [-0.25, -0.2) is 4.98 Å². The van der Waals surface area contributed by atoms with Crippen molar-refractivity contribution in [2.75, 3.05) is 26.3 Å². The summed E-state index contributed by atoms with van der Waals surface area (Å²) in [5.74, 6) is 0. The van der Waals surface area contributed by atoms with E-state index < -0.39 is 0 Å². The third-order valence-corrected chi connectivity index (χ3v) is 4.95. The highest BCUT2D eigenvalue weighted by Crippen LogP contribution is 2.35. The third kappa shape index (κ3) is 2.56. The van der Waals surface area contributed by atoms with Crippen LogP contribution in [0.4, 0.5) is 0 Å². The Hall–Kier alpha value is -0.870. The second kappa shape index (κ2) is 4.91. The fourth-order valence-electron chi connectivity index (χ4n) is 3.42. The molecule has 4 heteroatoms. The van der Waals surface area contributed by atoms with Crippen LogP contribution in [-0.2, 0) is 16.7 Å². The minimum Gasteiger partial charge on any atom is -0.381 e. The molecule has 1 aromatic rings. The van der Waals surface area contributed by atoms with Crippen LogP contribution < -0.4 is 5.32 Å². The largest absolute Gasteiger partial charge is 0.381 e. The monoisotopic (exact) mass is 263 g/mol. The quantitative estimate of drug-likeness (QED) is 0.906. The van der Waals surface area contributed by atoms with E-state index in [2.05, 4.69) is 34.9 Å². The van der Waals surface area contributed by atoms with Crippen molar-refractivity contribution >= 4 is 0 Å². The Morgan fingerprint density at radius 1 is 1.32 bits per heavy atom. The van der Waals surface area contributed by atoms with Gasteiger partial charge in [-0.1, -0.05) is 13.8 Å². The number of nitrogens with zero attached hydrogens (tertiary/aromatic N) is 2. The lowest BCUT2D eigenvalue weighted by Crippen LogP contribution is -2.34. The van der Waals surface area contributed by atoms with Gasteiger partial charge in [0.1, 0.15) is 0 Å². The van der Waals surface area contributed by atoms with Gasteiger partial charge in [-0.2, -0.15) is 0 Å². The van der Waals surface area contributed by atoms with Gasteiger partial charge in [0.25, 0.3) is 0 Å². The summed E-state index contributed by atoms with van der Waals surface area (Å²) in [6, 6.07) is 0. The summed E-state index contributed by atoms with van der Waals surface area (Å²) in [4.78, 5) is 4.41. The Kier molecular flexibility index (Phi) is 3.39. The molecule has 0 saturated carbocycles. The van der Waals surface area contributed by atoms with Crippen molar-refractivity contribution in [3.8, 4) is 0 Å². The number of hydrogen-bond donors (Lipinski definition) is 1. The van der Waals surface area contributed by atoms with E-state index in [0.717, 1.165) is 45.7 Å². The summed E-state index contributed by atoms with van der Waals surface area (Å²) in [6.07, 6.45) is 7.59. The molecule has 4 nitrogen and oxygen atoms in total. The first-order valence-corrected chi connectivity index (χ1v) is 7.41. The molecule has 0 spiro atoms. The lowest BCUT2D eigenvalue weighted by Gasteiger charge is -2.35. The summed E-state index contributed by atoms with van der Waals surface area (Å²) in [7, 11) is 0. The molecule has 0 radical (unpaired) electrons. The van der Waals surface area contributed by atoms with Crippen LogP contribution in [0.3, 0.4) is 0 Å². The van der Waals surface area contributed by atoms with Crippen LogP contribution in [0.1, 0.15) is 38.8 Å². The molecule has 0 aliphatic carbocycles. The molecule has 1 N–H and O–H groups in total. The normalized spacial score (nSPS) is 30.6. The zero-order valence-electron chi connectivity index (χ0n) is 12.1. The molecule has 0 amide bonds. The van der Waals surface area contributed by atoms with Gasteiger partial charge in [0, 0.05) is 43.6 Å². The lowest BCUT2D eigenvalue weighted by molar-refractivity contribution is 0.0148. The molecule has 0 bridgehead atoms. The SMILES string of the molecule is CC1(Cn2cncc2C2(C)CCNC2)CCOCC1. The predicted octanol–water partition coefficient (Wildman–Crippen LogP) is 1.95. The highest BCUT2D eigenvalue weighted by Gasteiger charge is 2.35. The summed E-state index contributed by atoms with van der Waals surface area (Å²) >= 11 is 0. The molecule has 2 aliphatic rings. The Labute approximate surface area is 115 Å². The van der Waals surface area contributed by atoms with Crippen molar-refractivity contribution in [2.24, 2.45) is 5.41 Å². The van der Waals surface area contributed by atoms with E-state index in [1.165, 1.54) is 12.1 Å². The zero-order valence-corrected chi connectivity index (χ0v) is 12.1. The smallest absolute Gasteiger partial charge is 0.0948 e. The second-order valence-electron chi connectivity index (χ2n) is 6.82. The highest BCUT2D eigenvalue weighted by atomic mass is 16.5. The number of nitrogens with one attached hydrogen (secondary N) is 1. The molecule has 1 aromatic heterocycles. The number of rotatable bonds is 3. The molecule has 1 atom stereocenters. The van der Waals surface area contributed by atoms with Crippen LogP contribution >= 0.6 is 0 Å². The molecule has 19 heavy (non-hydrogen) atoms. The molecule has 2 saturated heterocycles. The summed E-state index contributed by atoms with van der Waals surface area (Å²) in [6.45, 7) is 9.80. The summed E-state index contributed by atoms with van der Waals surface area (Å²) in [5, 5.41) is 3.48. The van der Waals surface area contributed by atoms with Crippen molar-refractivity contribution in [2.45, 2.75) is 45.1 Å².